The number of hydrogen-bond acceptors (Lipinski definition) is 2. The van der Waals surface area contributed by atoms with Crippen LogP contribution in [-0.2, 0) is 11.3 Å². The molecule has 0 spiro atoms. The molecule has 2 unspecified atom stereocenters. The van der Waals surface area contributed by atoms with Crippen LogP contribution in [0.25, 0.3) is 0 Å². The van der Waals surface area contributed by atoms with Crippen LogP contribution in [0.15, 0.2) is 24.3 Å². The van der Waals surface area contributed by atoms with Crippen molar-refractivity contribution in [3.63, 3.8) is 0 Å². The maximum atomic E-state index is 5.49. The summed E-state index contributed by atoms with van der Waals surface area (Å²) in [6.07, 6.45) is 1.20. The summed E-state index contributed by atoms with van der Waals surface area (Å²) >= 11 is 0. The summed E-state index contributed by atoms with van der Waals surface area (Å²) in [5.41, 5.74) is 2.44. The molecule has 2 nitrogen and oxygen atoms in total. The van der Waals surface area contributed by atoms with E-state index in [2.05, 4.69) is 50.4 Å². The number of para-hydroxylation sites is 1. The van der Waals surface area contributed by atoms with Gasteiger partial charge in [-0.1, -0.05) is 38.5 Å². The second-order valence-electron chi connectivity index (χ2n) is 4.61. The molecule has 0 bridgehead atoms. The predicted octanol–water partition coefficient (Wildman–Crippen LogP) is 4.07. The third-order valence-electron chi connectivity index (χ3n) is 3.36. The van der Waals surface area contributed by atoms with Gasteiger partial charge < -0.3 is 10.1 Å². The Labute approximate surface area is 105 Å². The second kappa shape index (κ2) is 7.33. The average Bonchev–Trinajstić information content (AvgIpc) is 2.36. The van der Waals surface area contributed by atoms with Gasteiger partial charge in [-0.3, -0.25) is 0 Å². The molecule has 17 heavy (non-hydrogen) atoms. The Morgan fingerprint density at radius 1 is 1.18 bits per heavy atom. The summed E-state index contributed by atoms with van der Waals surface area (Å²) in [7, 11) is 0. The molecule has 1 aromatic rings. The van der Waals surface area contributed by atoms with Crippen LogP contribution in [0.1, 0.15) is 39.7 Å². The molecular weight excluding hydrogens is 210 g/mol. The van der Waals surface area contributed by atoms with Crippen molar-refractivity contribution < 1.29 is 4.74 Å². The van der Waals surface area contributed by atoms with Gasteiger partial charge in [-0.05, 0) is 25.8 Å². The quantitative estimate of drug-likeness (QED) is 0.769. The molecule has 1 rings (SSSR count). The van der Waals surface area contributed by atoms with Crippen molar-refractivity contribution in [1.29, 1.82) is 0 Å². The molecule has 1 N–H and O–H groups in total. The molecule has 0 aromatic heterocycles. The molecule has 0 aliphatic carbocycles. The molecule has 1 aromatic carbocycles. The largest absolute Gasteiger partial charge is 0.382 e. The highest BCUT2D eigenvalue weighted by Gasteiger charge is 2.11. The van der Waals surface area contributed by atoms with Crippen LogP contribution < -0.4 is 5.32 Å². The van der Waals surface area contributed by atoms with Crippen LogP contribution >= 0.6 is 0 Å². The van der Waals surface area contributed by atoms with Gasteiger partial charge in [-0.25, -0.2) is 0 Å². The topological polar surface area (TPSA) is 21.3 Å². The van der Waals surface area contributed by atoms with Crippen molar-refractivity contribution in [1.82, 2.24) is 0 Å². The van der Waals surface area contributed by atoms with Crippen molar-refractivity contribution in [3.8, 4) is 0 Å². The molecule has 96 valence electrons. The molecule has 0 saturated heterocycles. The van der Waals surface area contributed by atoms with Crippen molar-refractivity contribution in [2.45, 2.75) is 46.8 Å². The minimum absolute atomic E-state index is 0.489. The van der Waals surface area contributed by atoms with Crippen LogP contribution in [-0.4, -0.2) is 12.6 Å². The zero-order valence-corrected chi connectivity index (χ0v) is 11.5. The number of anilines is 1. The van der Waals surface area contributed by atoms with Crippen LogP contribution in [0.5, 0.6) is 0 Å². The summed E-state index contributed by atoms with van der Waals surface area (Å²) < 4.78 is 5.49. The van der Waals surface area contributed by atoms with E-state index < -0.39 is 0 Å². The molecule has 0 aliphatic heterocycles. The molecule has 0 radical (unpaired) electrons. The van der Waals surface area contributed by atoms with E-state index in [0.717, 1.165) is 6.61 Å². The van der Waals surface area contributed by atoms with Gasteiger partial charge in [0.25, 0.3) is 0 Å². The maximum Gasteiger partial charge on any atom is 0.0736 e. The van der Waals surface area contributed by atoms with Gasteiger partial charge in [0.2, 0.25) is 0 Å². The summed E-state index contributed by atoms with van der Waals surface area (Å²) in [4.78, 5) is 0. The fourth-order valence-corrected chi connectivity index (χ4v) is 1.74. The lowest BCUT2D eigenvalue weighted by Gasteiger charge is -2.22. The highest BCUT2D eigenvalue weighted by atomic mass is 16.5. The van der Waals surface area contributed by atoms with Crippen LogP contribution in [0, 0.1) is 5.92 Å². The molecule has 0 heterocycles. The van der Waals surface area contributed by atoms with E-state index >= 15 is 0 Å². The molecule has 0 amide bonds. The Balaban J connectivity index is 2.68. The lowest BCUT2D eigenvalue weighted by Crippen LogP contribution is -2.23. The maximum absolute atomic E-state index is 5.49. The molecular formula is C15H25NO. The van der Waals surface area contributed by atoms with Gasteiger partial charge in [0.05, 0.1) is 6.61 Å². The number of nitrogens with one attached hydrogen (secondary N) is 1. The smallest absolute Gasteiger partial charge is 0.0736 e. The number of benzene rings is 1. The molecule has 0 saturated carbocycles. The standard InChI is InChI=1S/C15H25NO/c1-5-12(3)13(4)16-15-10-8-7-9-14(15)11-17-6-2/h7-10,12-13,16H,5-6,11H2,1-4H3. The Morgan fingerprint density at radius 2 is 1.88 bits per heavy atom. The summed E-state index contributed by atoms with van der Waals surface area (Å²) in [6, 6.07) is 8.88. The van der Waals surface area contributed by atoms with Crippen molar-refractivity contribution >= 4 is 5.69 Å². The average molecular weight is 235 g/mol. The van der Waals surface area contributed by atoms with Gasteiger partial charge in [0, 0.05) is 23.9 Å². The molecule has 2 atom stereocenters. The van der Waals surface area contributed by atoms with Crippen molar-refractivity contribution in [2.75, 3.05) is 11.9 Å². The monoisotopic (exact) mass is 235 g/mol. The van der Waals surface area contributed by atoms with Crippen LogP contribution in [0.2, 0.25) is 0 Å². The van der Waals surface area contributed by atoms with E-state index in [0.29, 0.717) is 18.6 Å². The third kappa shape index (κ3) is 4.39. The van der Waals surface area contributed by atoms with Gasteiger partial charge >= 0.3 is 0 Å². The van der Waals surface area contributed by atoms with E-state index in [-0.39, 0.29) is 0 Å². The van der Waals surface area contributed by atoms with Crippen molar-refractivity contribution in [3.05, 3.63) is 29.8 Å². The predicted molar refractivity (Wildman–Crippen MR) is 74.3 cm³/mol. The summed E-state index contributed by atoms with van der Waals surface area (Å²) in [5.74, 6) is 0.676. The minimum Gasteiger partial charge on any atom is -0.382 e. The molecule has 0 fully saturated rings. The highest BCUT2D eigenvalue weighted by Crippen LogP contribution is 2.20. The van der Waals surface area contributed by atoms with E-state index in [1.165, 1.54) is 17.7 Å². The highest BCUT2D eigenvalue weighted by molar-refractivity contribution is 5.51. The lowest BCUT2D eigenvalue weighted by atomic mass is 10.00. The Morgan fingerprint density at radius 3 is 2.53 bits per heavy atom. The Hall–Kier alpha value is -1.02. The first-order valence-corrected chi connectivity index (χ1v) is 6.61. The Bertz CT molecular complexity index is 324. The molecule has 0 aliphatic rings. The van der Waals surface area contributed by atoms with E-state index in [4.69, 9.17) is 4.74 Å². The SMILES string of the molecule is CCOCc1ccccc1NC(C)C(C)CC. The van der Waals surface area contributed by atoms with Crippen LogP contribution in [0.3, 0.4) is 0 Å². The van der Waals surface area contributed by atoms with E-state index in [1.807, 2.05) is 6.92 Å². The first kappa shape index (κ1) is 14.0. The van der Waals surface area contributed by atoms with Gasteiger partial charge in [0.15, 0.2) is 0 Å². The zero-order valence-electron chi connectivity index (χ0n) is 11.5. The van der Waals surface area contributed by atoms with Gasteiger partial charge in [-0.15, -0.1) is 0 Å². The summed E-state index contributed by atoms with van der Waals surface area (Å²) in [5, 5.41) is 3.59. The van der Waals surface area contributed by atoms with Crippen molar-refractivity contribution in [2.24, 2.45) is 5.92 Å². The van der Waals surface area contributed by atoms with Gasteiger partial charge in [0.1, 0.15) is 0 Å². The first-order valence-electron chi connectivity index (χ1n) is 6.61. The fourth-order valence-electron chi connectivity index (χ4n) is 1.74. The molecule has 2 heteroatoms. The normalized spacial score (nSPS) is 14.4. The first-order chi connectivity index (χ1) is 8.19. The summed E-state index contributed by atoms with van der Waals surface area (Å²) in [6.45, 7) is 10.2. The zero-order chi connectivity index (χ0) is 12.7. The number of hydrogen-bond donors (Lipinski definition) is 1. The van der Waals surface area contributed by atoms with E-state index in [9.17, 15) is 0 Å². The fraction of sp³-hybridized carbons (Fsp3) is 0.600. The Kier molecular flexibility index (Phi) is 6.06. The minimum atomic E-state index is 0.489. The third-order valence-corrected chi connectivity index (χ3v) is 3.36. The van der Waals surface area contributed by atoms with Crippen LogP contribution in [0.4, 0.5) is 5.69 Å². The number of ether oxygens (including phenoxy) is 1. The number of rotatable bonds is 7. The van der Waals surface area contributed by atoms with E-state index in [1.54, 1.807) is 0 Å². The second-order valence-corrected chi connectivity index (χ2v) is 4.61. The van der Waals surface area contributed by atoms with Gasteiger partial charge in [-0.2, -0.15) is 0 Å². The lowest BCUT2D eigenvalue weighted by molar-refractivity contribution is 0.134.